The van der Waals surface area contributed by atoms with Gasteiger partial charge < -0.3 is 4.74 Å². The zero-order valence-electron chi connectivity index (χ0n) is 12.8. The topological polar surface area (TPSA) is 9.23 Å². The first-order chi connectivity index (χ1) is 9.97. The summed E-state index contributed by atoms with van der Waals surface area (Å²) in [6.07, 6.45) is 0. The lowest BCUT2D eigenvalue weighted by atomic mass is 9.85. The van der Waals surface area contributed by atoms with E-state index in [1.165, 1.54) is 16.7 Å². The van der Waals surface area contributed by atoms with Crippen LogP contribution in [0.3, 0.4) is 0 Å². The monoisotopic (exact) mass is 344 g/mol. The third kappa shape index (κ3) is 2.87. The van der Waals surface area contributed by atoms with Gasteiger partial charge >= 0.3 is 0 Å². The summed E-state index contributed by atoms with van der Waals surface area (Å²) >= 11 is 3.88. The molecule has 21 heavy (non-hydrogen) atoms. The van der Waals surface area contributed by atoms with Gasteiger partial charge in [0, 0.05) is 16.3 Å². The van der Waals surface area contributed by atoms with E-state index < -0.39 is 0 Å². The van der Waals surface area contributed by atoms with E-state index in [4.69, 9.17) is 4.74 Å². The van der Waals surface area contributed by atoms with E-state index >= 15 is 0 Å². The van der Waals surface area contributed by atoms with Gasteiger partial charge in [0.1, 0.15) is 5.75 Å². The lowest BCUT2D eigenvalue weighted by molar-refractivity contribution is 0.329. The molecule has 0 aromatic heterocycles. The summed E-state index contributed by atoms with van der Waals surface area (Å²) in [6, 6.07) is 17.3. The molecule has 2 heteroatoms. The van der Waals surface area contributed by atoms with Gasteiger partial charge in [-0.3, -0.25) is 0 Å². The van der Waals surface area contributed by atoms with Gasteiger partial charge in [-0.15, -0.1) is 0 Å². The molecule has 2 atom stereocenters. The van der Waals surface area contributed by atoms with Gasteiger partial charge in [-0.1, -0.05) is 79.2 Å². The summed E-state index contributed by atoms with van der Waals surface area (Å²) in [6.45, 7) is 7.48. The summed E-state index contributed by atoms with van der Waals surface area (Å²) in [7, 11) is 0. The molecule has 1 nitrogen and oxygen atoms in total. The molecule has 0 amide bonds. The van der Waals surface area contributed by atoms with E-state index in [9.17, 15) is 0 Å². The largest absolute Gasteiger partial charge is 0.493 e. The van der Waals surface area contributed by atoms with Crippen LogP contribution >= 0.6 is 15.9 Å². The third-order valence-corrected chi connectivity index (χ3v) is 5.35. The Morgan fingerprint density at radius 1 is 1.05 bits per heavy atom. The van der Waals surface area contributed by atoms with Crippen LogP contribution in [0, 0.1) is 0 Å². The number of halogens is 1. The molecule has 0 saturated carbocycles. The molecule has 0 radical (unpaired) electrons. The van der Waals surface area contributed by atoms with Crippen molar-refractivity contribution in [2.24, 2.45) is 0 Å². The molecule has 0 saturated heterocycles. The fraction of sp³-hybridized carbons (Fsp3) is 0.368. The number of para-hydroxylation sites is 1. The Morgan fingerprint density at radius 2 is 1.71 bits per heavy atom. The molecule has 0 N–H and O–H groups in total. The predicted molar refractivity (Wildman–Crippen MR) is 91.5 cm³/mol. The van der Waals surface area contributed by atoms with Crippen LogP contribution in [0.2, 0.25) is 0 Å². The van der Waals surface area contributed by atoms with Crippen LogP contribution in [0.4, 0.5) is 0 Å². The number of benzene rings is 2. The maximum Gasteiger partial charge on any atom is 0.122 e. The minimum atomic E-state index is 0.198. The van der Waals surface area contributed by atoms with E-state index in [1.807, 2.05) is 6.07 Å². The van der Waals surface area contributed by atoms with E-state index in [-0.39, 0.29) is 10.2 Å². The molecular formula is C19H21BrO. The van der Waals surface area contributed by atoms with Crippen molar-refractivity contribution in [1.82, 2.24) is 0 Å². The standard InChI is InChI=1S/C19H21BrO/c1-19(2,3)14-10-8-13(9-11-14)18(20)16-12-21-17-7-5-4-6-15(16)17/h4-11,16,18H,12H2,1-3H3. The van der Waals surface area contributed by atoms with Crippen LogP contribution in [0.25, 0.3) is 0 Å². The van der Waals surface area contributed by atoms with Gasteiger partial charge in [0.05, 0.1) is 6.61 Å². The number of rotatable bonds is 2. The van der Waals surface area contributed by atoms with Crippen LogP contribution < -0.4 is 4.74 Å². The number of hydrogen-bond donors (Lipinski definition) is 0. The van der Waals surface area contributed by atoms with Gasteiger partial charge in [-0.25, -0.2) is 0 Å². The van der Waals surface area contributed by atoms with Gasteiger partial charge in [0.15, 0.2) is 0 Å². The molecule has 0 aliphatic carbocycles. The maximum atomic E-state index is 5.80. The molecule has 0 bridgehead atoms. The Balaban J connectivity index is 1.85. The first-order valence-electron chi connectivity index (χ1n) is 7.43. The van der Waals surface area contributed by atoms with Crippen LogP contribution in [-0.2, 0) is 5.41 Å². The van der Waals surface area contributed by atoms with E-state index in [2.05, 4.69) is 79.2 Å². The summed E-state index contributed by atoms with van der Waals surface area (Å²) < 4.78 is 5.80. The van der Waals surface area contributed by atoms with Crippen molar-refractivity contribution >= 4 is 15.9 Å². The van der Waals surface area contributed by atoms with Crippen molar-refractivity contribution in [2.75, 3.05) is 6.61 Å². The zero-order valence-corrected chi connectivity index (χ0v) is 14.4. The van der Waals surface area contributed by atoms with Gasteiger partial charge in [-0.2, -0.15) is 0 Å². The lowest BCUT2D eigenvalue weighted by Crippen LogP contribution is -2.12. The van der Waals surface area contributed by atoms with Gasteiger partial charge in [0.25, 0.3) is 0 Å². The fourth-order valence-corrected chi connectivity index (χ4v) is 3.57. The summed E-state index contributed by atoms with van der Waals surface area (Å²) in [5.74, 6) is 1.40. The molecule has 3 rings (SSSR count). The van der Waals surface area contributed by atoms with E-state index in [1.54, 1.807) is 0 Å². The molecule has 2 aromatic carbocycles. The minimum Gasteiger partial charge on any atom is -0.493 e. The van der Waals surface area contributed by atoms with Crippen molar-refractivity contribution in [3.8, 4) is 5.75 Å². The summed E-state index contributed by atoms with van der Waals surface area (Å²) in [5.41, 5.74) is 4.19. The van der Waals surface area contributed by atoms with Crippen molar-refractivity contribution < 1.29 is 4.74 Å². The van der Waals surface area contributed by atoms with Gasteiger partial charge in [-0.05, 0) is 22.6 Å². The smallest absolute Gasteiger partial charge is 0.122 e. The van der Waals surface area contributed by atoms with Crippen molar-refractivity contribution in [2.45, 2.75) is 36.9 Å². The quantitative estimate of drug-likeness (QED) is 0.644. The van der Waals surface area contributed by atoms with Crippen LogP contribution in [0.5, 0.6) is 5.75 Å². The highest BCUT2D eigenvalue weighted by molar-refractivity contribution is 9.09. The highest BCUT2D eigenvalue weighted by Gasteiger charge is 2.30. The maximum absolute atomic E-state index is 5.80. The lowest BCUT2D eigenvalue weighted by Gasteiger charge is -2.21. The van der Waals surface area contributed by atoms with Crippen molar-refractivity contribution in [3.05, 3.63) is 65.2 Å². The predicted octanol–water partition coefficient (Wildman–Crippen LogP) is 5.60. The molecule has 110 valence electrons. The number of hydrogen-bond acceptors (Lipinski definition) is 1. The minimum absolute atomic E-state index is 0.198. The first kappa shape index (κ1) is 14.6. The molecule has 0 spiro atoms. The Labute approximate surface area is 135 Å². The number of fused-ring (bicyclic) bond motifs is 1. The summed E-state index contributed by atoms with van der Waals surface area (Å²) in [5, 5.41) is 0. The van der Waals surface area contributed by atoms with E-state index in [0.29, 0.717) is 5.92 Å². The molecule has 2 unspecified atom stereocenters. The van der Waals surface area contributed by atoms with E-state index in [0.717, 1.165) is 12.4 Å². The Kier molecular flexibility index (Phi) is 3.83. The fourth-order valence-electron chi connectivity index (χ4n) is 2.83. The Morgan fingerprint density at radius 3 is 2.38 bits per heavy atom. The highest BCUT2D eigenvalue weighted by Crippen LogP contribution is 2.45. The molecule has 1 heterocycles. The van der Waals surface area contributed by atoms with Crippen LogP contribution in [0.15, 0.2) is 48.5 Å². The second-order valence-corrected chi connectivity index (χ2v) is 7.72. The van der Waals surface area contributed by atoms with Crippen LogP contribution in [0.1, 0.15) is 48.2 Å². The molecule has 0 fully saturated rings. The molecular weight excluding hydrogens is 324 g/mol. The van der Waals surface area contributed by atoms with Gasteiger partial charge in [0.2, 0.25) is 0 Å². The average molecular weight is 345 g/mol. The average Bonchev–Trinajstić information content (AvgIpc) is 2.90. The Hall–Kier alpha value is -1.28. The SMILES string of the molecule is CC(C)(C)c1ccc(C(Br)C2COc3ccccc32)cc1. The second-order valence-electron chi connectivity index (χ2n) is 6.73. The molecule has 1 aliphatic rings. The second kappa shape index (κ2) is 5.49. The third-order valence-electron chi connectivity index (χ3n) is 4.19. The van der Waals surface area contributed by atoms with Crippen molar-refractivity contribution in [1.29, 1.82) is 0 Å². The summed E-state index contributed by atoms with van der Waals surface area (Å²) in [4.78, 5) is 0.287. The van der Waals surface area contributed by atoms with Crippen molar-refractivity contribution in [3.63, 3.8) is 0 Å². The highest BCUT2D eigenvalue weighted by atomic mass is 79.9. The molecule has 1 aliphatic heterocycles. The molecule has 2 aromatic rings. The normalized spacial score (nSPS) is 19.0. The Bertz CT molecular complexity index is 625. The first-order valence-corrected chi connectivity index (χ1v) is 8.34. The number of ether oxygens (including phenoxy) is 1. The number of alkyl halides is 1. The zero-order chi connectivity index (χ0) is 15.0. The van der Waals surface area contributed by atoms with Crippen LogP contribution in [-0.4, -0.2) is 6.61 Å².